The van der Waals surface area contributed by atoms with E-state index in [0.29, 0.717) is 11.5 Å². The van der Waals surface area contributed by atoms with Crippen LogP contribution in [0.25, 0.3) is 0 Å². The number of ether oxygens (including phenoxy) is 1. The van der Waals surface area contributed by atoms with Crippen LogP contribution in [-0.4, -0.2) is 19.8 Å². The average molecular weight is 283 g/mol. The van der Waals surface area contributed by atoms with Crippen LogP contribution in [0.4, 0.5) is 8.78 Å². The van der Waals surface area contributed by atoms with E-state index in [2.05, 4.69) is 12.2 Å². The molecule has 3 atom stereocenters. The molecule has 2 nitrogen and oxygen atoms in total. The first-order valence-electron chi connectivity index (χ1n) is 7.20. The molecule has 0 spiro atoms. The lowest BCUT2D eigenvalue weighted by molar-refractivity contribution is -0.0797. The maximum Gasteiger partial charge on any atom is 0.163 e. The molecule has 1 N–H and O–H groups in total. The van der Waals surface area contributed by atoms with E-state index in [1.165, 1.54) is 0 Å². The summed E-state index contributed by atoms with van der Waals surface area (Å²) in [6.45, 7) is 2.18. The minimum absolute atomic E-state index is 0.342. The van der Waals surface area contributed by atoms with Crippen LogP contribution in [0.15, 0.2) is 18.2 Å². The SMILES string of the molecule is CNC(c1cccc(F)c1F)C1(OC)CCCC(C)C1. The van der Waals surface area contributed by atoms with Crippen LogP contribution in [0.3, 0.4) is 0 Å². The molecule has 0 aliphatic heterocycles. The molecule has 0 amide bonds. The summed E-state index contributed by atoms with van der Waals surface area (Å²) < 4.78 is 33.4. The van der Waals surface area contributed by atoms with E-state index in [4.69, 9.17) is 4.74 Å². The third-order valence-corrected chi connectivity index (χ3v) is 4.50. The average Bonchev–Trinajstić information content (AvgIpc) is 2.44. The van der Waals surface area contributed by atoms with Gasteiger partial charge < -0.3 is 10.1 Å². The van der Waals surface area contributed by atoms with Gasteiger partial charge >= 0.3 is 0 Å². The fourth-order valence-corrected chi connectivity index (χ4v) is 3.55. The molecule has 2 rings (SSSR count). The van der Waals surface area contributed by atoms with Crippen LogP contribution in [0, 0.1) is 17.6 Å². The van der Waals surface area contributed by atoms with Gasteiger partial charge in [0.2, 0.25) is 0 Å². The van der Waals surface area contributed by atoms with Gasteiger partial charge in [0.25, 0.3) is 0 Å². The monoisotopic (exact) mass is 283 g/mol. The topological polar surface area (TPSA) is 21.3 Å². The first kappa shape index (κ1) is 15.4. The van der Waals surface area contributed by atoms with E-state index < -0.39 is 17.2 Å². The van der Waals surface area contributed by atoms with Crippen molar-refractivity contribution < 1.29 is 13.5 Å². The van der Waals surface area contributed by atoms with Crippen molar-refractivity contribution in [3.8, 4) is 0 Å². The molecule has 1 aliphatic carbocycles. The van der Waals surface area contributed by atoms with E-state index in [1.54, 1.807) is 26.3 Å². The highest BCUT2D eigenvalue weighted by Gasteiger charge is 2.43. The zero-order valence-corrected chi connectivity index (χ0v) is 12.4. The van der Waals surface area contributed by atoms with Crippen LogP contribution < -0.4 is 5.32 Å². The quantitative estimate of drug-likeness (QED) is 0.907. The van der Waals surface area contributed by atoms with Gasteiger partial charge in [-0.25, -0.2) is 8.78 Å². The van der Waals surface area contributed by atoms with E-state index in [-0.39, 0.29) is 6.04 Å². The Morgan fingerprint density at radius 1 is 1.40 bits per heavy atom. The van der Waals surface area contributed by atoms with Crippen LogP contribution in [-0.2, 0) is 4.74 Å². The number of nitrogens with one attached hydrogen (secondary N) is 1. The van der Waals surface area contributed by atoms with Gasteiger partial charge in [-0.2, -0.15) is 0 Å². The lowest BCUT2D eigenvalue weighted by Gasteiger charge is -2.44. The van der Waals surface area contributed by atoms with Gasteiger partial charge in [-0.05, 0) is 31.9 Å². The van der Waals surface area contributed by atoms with E-state index in [9.17, 15) is 8.78 Å². The van der Waals surface area contributed by atoms with Crippen molar-refractivity contribution >= 4 is 0 Å². The molecule has 1 fully saturated rings. The molecule has 3 unspecified atom stereocenters. The Kier molecular flexibility index (Phi) is 4.76. The number of benzene rings is 1. The van der Waals surface area contributed by atoms with Gasteiger partial charge in [0, 0.05) is 12.7 Å². The summed E-state index contributed by atoms with van der Waals surface area (Å²) >= 11 is 0. The van der Waals surface area contributed by atoms with E-state index in [1.807, 2.05) is 0 Å². The van der Waals surface area contributed by atoms with Crippen LogP contribution in [0.5, 0.6) is 0 Å². The molecular weight excluding hydrogens is 260 g/mol. The van der Waals surface area contributed by atoms with Crippen molar-refractivity contribution in [2.24, 2.45) is 5.92 Å². The molecule has 4 heteroatoms. The lowest BCUT2D eigenvalue weighted by Crippen LogP contribution is -2.48. The smallest absolute Gasteiger partial charge is 0.163 e. The van der Waals surface area contributed by atoms with Crippen molar-refractivity contribution in [1.82, 2.24) is 5.32 Å². The van der Waals surface area contributed by atoms with E-state index >= 15 is 0 Å². The molecule has 1 aliphatic rings. The van der Waals surface area contributed by atoms with Gasteiger partial charge in [0.15, 0.2) is 11.6 Å². The Hall–Kier alpha value is -1.00. The largest absolute Gasteiger partial charge is 0.376 e. The Morgan fingerprint density at radius 3 is 2.75 bits per heavy atom. The highest BCUT2D eigenvalue weighted by molar-refractivity contribution is 5.26. The highest BCUT2D eigenvalue weighted by Crippen LogP contribution is 2.43. The molecule has 0 bridgehead atoms. The summed E-state index contributed by atoms with van der Waals surface area (Å²) in [6, 6.07) is 3.99. The maximum atomic E-state index is 14.1. The number of hydrogen-bond donors (Lipinski definition) is 1. The second-order valence-electron chi connectivity index (χ2n) is 5.84. The molecular formula is C16H23F2NO. The van der Waals surface area contributed by atoms with Crippen LogP contribution >= 0.6 is 0 Å². The second-order valence-corrected chi connectivity index (χ2v) is 5.84. The van der Waals surface area contributed by atoms with Gasteiger partial charge in [0.05, 0.1) is 11.6 Å². The molecule has 0 heterocycles. The van der Waals surface area contributed by atoms with Gasteiger partial charge in [-0.1, -0.05) is 31.9 Å². The minimum Gasteiger partial charge on any atom is -0.376 e. The fourth-order valence-electron chi connectivity index (χ4n) is 3.55. The standard InChI is InChI=1S/C16H23F2NO/c1-11-6-5-9-16(10-11,20-3)15(19-2)12-7-4-8-13(17)14(12)18/h4,7-8,11,15,19H,5-6,9-10H2,1-3H3. The first-order chi connectivity index (χ1) is 9.54. The van der Waals surface area contributed by atoms with Gasteiger partial charge in [-0.15, -0.1) is 0 Å². The molecule has 1 aromatic rings. The molecule has 0 aromatic heterocycles. The summed E-state index contributed by atoms with van der Waals surface area (Å²) in [7, 11) is 3.44. The number of methoxy groups -OCH3 is 1. The fraction of sp³-hybridized carbons (Fsp3) is 0.625. The summed E-state index contributed by atoms with van der Waals surface area (Å²) in [4.78, 5) is 0. The summed E-state index contributed by atoms with van der Waals surface area (Å²) in [5.41, 5.74) is -0.121. The molecule has 0 radical (unpaired) electrons. The van der Waals surface area contributed by atoms with Gasteiger partial charge in [0.1, 0.15) is 0 Å². The maximum absolute atomic E-state index is 14.1. The van der Waals surface area contributed by atoms with Crippen molar-refractivity contribution in [3.63, 3.8) is 0 Å². The lowest BCUT2D eigenvalue weighted by atomic mass is 9.72. The summed E-state index contributed by atoms with van der Waals surface area (Å²) in [6.07, 6.45) is 3.91. The van der Waals surface area contributed by atoms with Crippen LogP contribution in [0.1, 0.15) is 44.2 Å². The molecule has 0 saturated heterocycles. The van der Waals surface area contributed by atoms with Crippen LogP contribution in [0.2, 0.25) is 0 Å². The third kappa shape index (κ3) is 2.72. The first-order valence-corrected chi connectivity index (χ1v) is 7.20. The highest BCUT2D eigenvalue weighted by atomic mass is 19.2. The van der Waals surface area contributed by atoms with Crippen molar-refractivity contribution in [3.05, 3.63) is 35.4 Å². The van der Waals surface area contributed by atoms with Crippen molar-refractivity contribution in [1.29, 1.82) is 0 Å². The number of halogens is 2. The summed E-state index contributed by atoms with van der Waals surface area (Å²) in [5, 5.41) is 3.14. The summed E-state index contributed by atoms with van der Waals surface area (Å²) in [5.74, 6) is -1.06. The Bertz CT molecular complexity index is 466. The zero-order chi connectivity index (χ0) is 14.8. The predicted molar refractivity (Wildman–Crippen MR) is 75.5 cm³/mol. The van der Waals surface area contributed by atoms with Gasteiger partial charge in [-0.3, -0.25) is 0 Å². The third-order valence-electron chi connectivity index (χ3n) is 4.50. The predicted octanol–water partition coefficient (Wildman–Crippen LogP) is 3.82. The zero-order valence-electron chi connectivity index (χ0n) is 12.4. The number of likely N-dealkylation sites (N-methyl/N-ethyl adjacent to an activating group) is 1. The molecule has 112 valence electrons. The van der Waals surface area contributed by atoms with Crippen molar-refractivity contribution in [2.45, 2.75) is 44.2 Å². The number of rotatable bonds is 4. The minimum atomic E-state index is -0.808. The molecule has 1 aromatic carbocycles. The van der Waals surface area contributed by atoms with E-state index in [0.717, 1.165) is 31.7 Å². The number of hydrogen-bond acceptors (Lipinski definition) is 2. The second kappa shape index (κ2) is 6.19. The Labute approximate surface area is 119 Å². The molecule has 1 saturated carbocycles. The van der Waals surface area contributed by atoms with Crippen molar-refractivity contribution in [2.75, 3.05) is 14.2 Å². The molecule has 20 heavy (non-hydrogen) atoms. The Morgan fingerprint density at radius 2 is 2.15 bits per heavy atom. The normalized spacial score (nSPS) is 28.4. The Balaban J connectivity index is 2.41.